The van der Waals surface area contributed by atoms with Crippen LogP contribution in [0.5, 0.6) is 0 Å². The largest absolute Gasteiger partial charge is 0.416 e. The van der Waals surface area contributed by atoms with Gasteiger partial charge in [-0.2, -0.15) is 13.2 Å². The van der Waals surface area contributed by atoms with Gasteiger partial charge < -0.3 is 5.11 Å². The Morgan fingerprint density at radius 2 is 1.54 bits per heavy atom. The van der Waals surface area contributed by atoms with Crippen LogP contribution in [0.1, 0.15) is 96.8 Å². The van der Waals surface area contributed by atoms with Gasteiger partial charge in [0.25, 0.3) is 0 Å². The van der Waals surface area contributed by atoms with Gasteiger partial charge in [-0.15, -0.1) is 0 Å². The highest BCUT2D eigenvalue weighted by atomic mass is 19.4. The van der Waals surface area contributed by atoms with Crippen molar-refractivity contribution >= 4 is 0 Å². The topological polar surface area (TPSA) is 33.1 Å². The van der Waals surface area contributed by atoms with Crippen molar-refractivity contribution in [2.45, 2.75) is 82.2 Å². The summed E-state index contributed by atoms with van der Waals surface area (Å²) in [6.07, 6.45) is 0.0422. The average Bonchev–Trinajstić information content (AvgIpc) is 3.35. The molecule has 0 radical (unpaired) electrons. The minimum absolute atomic E-state index is 0.0864. The second kappa shape index (κ2) is 10.5. The van der Waals surface area contributed by atoms with Gasteiger partial charge in [0.15, 0.2) is 0 Å². The number of aryl methyl sites for hydroxylation is 1. The van der Waals surface area contributed by atoms with Gasteiger partial charge in [-0.25, -0.2) is 8.78 Å². The predicted octanol–water partition coefficient (Wildman–Crippen LogP) is 8.58. The predicted molar refractivity (Wildman–Crippen MR) is 132 cm³/mol. The molecular formula is C30H30F5NO. The van der Waals surface area contributed by atoms with Crippen LogP contribution in [0, 0.1) is 5.82 Å². The molecule has 1 N–H and O–H groups in total. The van der Waals surface area contributed by atoms with Crippen molar-refractivity contribution in [2.75, 3.05) is 0 Å². The number of hydrogen-bond donors (Lipinski definition) is 1. The van der Waals surface area contributed by atoms with E-state index >= 15 is 4.39 Å². The van der Waals surface area contributed by atoms with E-state index < -0.39 is 29.8 Å². The van der Waals surface area contributed by atoms with E-state index in [1.807, 2.05) is 0 Å². The Morgan fingerprint density at radius 3 is 2.19 bits per heavy atom. The highest BCUT2D eigenvalue weighted by Crippen LogP contribution is 2.45. The highest BCUT2D eigenvalue weighted by molar-refractivity contribution is 5.74. The van der Waals surface area contributed by atoms with Crippen molar-refractivity contribution in [1.29, 1.82) is 0 Å². The maximum Gasteiger partial charge on any atom is 0.416 e. The van der Waals surface area contributed by atoms with Crippen LogP contribution in [0.3, 0.4) is 0 Å². The monoisotopic (exact) mass is 515 g/mol. The molecule has 0 amide bonds. The molecule has 2 atom stereocenters. The summed E-state index contributed by atoms with van der Waals surface area (Å²) in [4.78, 5) is 5.05. The number of nitrogens with zero attached hydrogens (tertiary/aromatic N) is 1. The fourth-order valence-electron chi connectivity index (χ4n) is 5.90. The Balaban J connectivity index is 1.66. The van der Waals surface area contributed by atoms with Crippen LogP contribution >= 0.6 is 0 Å². The molecule has 2 aromatic carbocycles. The lowest BCUT2D eigenvalue weighted by molar-refractivity contribution is -0.137. The molecule has 2 aliphatic rings. The normalized spacial score (nSPS) is 19.5. The first-order valence-corrected chi connectivity index (χ1v) is 13.0. The molecule has 7 heteroatoms. The highest BCUT2D eigenvalue weighted by Gasteiger charge is 2.33. The van der Waals surface area contributed by atoms with Crippen LogP contribution in [-0.4, -0.2) is 10.1 Å². The third-order valence-corrected chi connectivity index (χ3v) is 7.78. The van der Waals surface area contributed by atoms with Crippen molar-refractivity contribution in [3.63, 3.8) is 0 Å². The number of halogens is 5. The first kappa shape index (κ1) is 25.8. The van der Waals surface area contributed by atoms with E-state index in [2.05, 4.69) is 0 Å². The van der Waals surface area contributed by atoms with E-state index in [0.29, 0.717) is 35.1 Å². The molecule has 0 bridgehead atoms. The Morgan fingerprint density at radius 1 is 0.892 bits per heavy atom. The maximum atomic E-state index is 15.9. The van der Waals surface area contributed by atoms with E-state index in [1.165, 1.54) is 24.3 Å². The minimum Gasteiger partial charge on any atom is -0.388 e. The Labute approximate surface area is 213 Å². The number of aromatic nitrogens is 1. The molecule has 196 valence electrons. The quantitative estimate of drug-likeness (QED) is 0.273. The zero-order valence-corrected chi connectivity index (χ0v) is 20.5. The zero-order valence-electron chi connectivity index (χ0n) is 20.5. The van der Waals surface area contributed by atoms with Crippen molar-refractivity contribution in [3.8, 4) is 11.1 Å². The van der Waals surface area contributed by atoms with Gasteiger partial charge in [-0.05, 0) is 78.6 Å². The van der Waals surface area contributed by atoms with Gasteiger partial charge in [0.2, 0.25) is 0 Å². The second-order valence-electron chi connectivity index (χ2n) is 10.3. The number of alkyl halides is 4. The van der Waals surface area contributed by atoms with Crippen LogP contribution in [0.2, 0.25) is 0 Å². The van der Waals surface area contributed by atoms with Crippen molar-refractivity contribution in [1.82, 2.24) is 4.98 Å². The summed E-state index contributed by atoms with van der Waals surface area (Å²) in [5.41, 5.74) is 3.72. The Hall–Kier alpha value is -2.80. The zero-order chi connectivity index (χ0) is 26.2. The molecule has 1 saturated carbocycles. The van der Waals surface area contributed by atoms with Gasteiger partial charge in [-0.3, -0.25) is 4.98 Å². The number of fused-ring (bicyclic) bond motifs is 1. The summed E-state index contributed by atoms with van der Waals surface area (Å²) in [5, 5.41) is 11.2. The van der Waals surface area contributed by atoms with Crippen LogP contribution in [-0.2, 0) is 19.0 Å². The average molecular weight is 516 g/mol. The summed E-state index contributed by atoms with van der Waals surface area (Å²) in [6.45, 7) is 0. The molecule has 0 saturated heterocycles. The number of benzene rings is 2. The lowest BCUT2D eigenvalue weighted by Crippen LogP contribution is -2.15. The van der Waals surface area contributed by atoms with Crippen molar-refractivity contribution < 1.29 is 27.1 Å². The number of aliphatic hydroxyl groups is 1. The third-order valence-electron chi connectivity index (χ3n) is 7.78. The molecule has 1 fully saturated rings. The first-order valence-electron chi connectivity index (χ1n) is 13.0. The van der Waals surface area contributed by atoms with Gasteiger partial charge in [-0.1, -0.05) is 43.5 Å². The maximum absolute atomic E-state index is 15.9. The molecule has 1 heterocycles. The number of pyridine rings is 1. The van der Waals surface area contributed by atoms with Crippen LogP contribution < -0.4 is 0 Å². The van der Waals surface area contributed by atoms with E-state index in [0.717, 1.165) is 62.0 Å². The Kier molecular flexibility index (Phi) is 7.35. The summed E-state index contributed by atoms with van der Waals surface area (Å²) >= 11 is 0. The molecule has 1 aromatic heterocycles. The lowest BCUT2D eigenvalue weighted by atomic mass is 9.83. The van der Waals surface area contributed by atoms with Crippen LogP contribution in [0.15, 0.2) is 48.5 Å². The first-order chi connectivity index (χ1) is 17.7. The molecule has 2 unspecified atom stereocenters. The molecule has 2 aliphatic carbocycles. The molecule has 5 rings (SSSR count). The minimum atomic E-state index is -4.49. The smallest absolute Gasteiger partial charge is 0.388 e. The standard InChI is InChI=1S/C30H30F5NO/c31-22-15-11-19(12-16-22)27-23(17-24(32)18-9-13-21(14-10-18)30(33,34)35)29(20-5-1-2-6-20)36-25-7-3-4-8-26(37)28(25)27/h9-16,20,24,26,37H,1-8,17H2. The SMILES string of the molecule is OC1CCCCc2nc(C3CCCC3)c(CC(F)c3ccc(C(F)(F)F)cc3)c(-c3ccc(F)cc3)c21. The molecule has 0 spiro atoms. The molecule has 0 aliphatic heterocycles. The van der Waals surface area contributed by atoms with Gasteiger partial charge in [0.05, 0.1) is 11.7 Å². The van der Waals surface area contributed by atoms with Crippen molar-refractivity contribution in [2.24, 2.45) is 0 Å². The summed E-state index contributed by atoms with van der Waals surface area (Å²) in [7, 11) is 0. The van der Waals surface area contributed by atoms with Gasteiger partial charge >= 0.3 is 6.18 Å². The van der Waals surface area contributed by atoms with Gasteiger partial charge in [0.1, 0.15) is 12.0 Å². The number of rotatable bonds is 5. The molecule has 2 nitrogen and oxygen atoms in total. The third kappa shape index (κ3) is 5.42. The van der Waals surface area contributed by atoms with Gasteiger partial charge in [0, 0.05) is 29.3 Å². The summed E-state index contributed by atoms with van der Waals surface area (Å²) in [6, 6.07) is 10.2. The van der Waals surface area contributed by atoms with E-state index in [9.17, 15) is 22.7 Å². The molecular weight excluding hydrogens is 485 g/mol. The summed E-state index contributed by atoms with van der Waals surface area (Å²) in [5.74, 6) is -0.241. The fourth-order valence-corrected chi connectivity index (χ4v) is 5.90. The van der Waals surface area contributed by atoms with E-state index in [4.69, 9.17) is 4.98 Å². The Bertz CT molecular complexity index is 1230. The fraction of sp³-hybridized carbons (Fsp3) is 0.433. The van der Waals surface area contributed by atoms with Crippen molar-refractivity contribution in [3.05, 3.63) is 88.0 Å². The van der Waals surface area contributed by atoms with Crippen LogP contribution in [0.4, 0.5) is 22.0 Å². The van der Waals surface area contributed by atoms with Crippen LogP contribution in [0.25, 0.3) is 11.1 Å². The van der Waals surface area contributed by atoms with E-state index in [-0.39, 0.29) is 17.9 Å². The molecule has 37 heavy (non-hydrogen) atoms. The van der Waals surface area contributed by atoms with E-state index in [1.54, 1.807) is 12.1 Å². The summed E-state index contributed by atoms with van der Waals surface area (Å²) < 4.78 is 68.8. The molecule has 3 aromatic rings. The lowest BCUT2D eigenvalue weighted by Gasteiger charge is -2.26. The number of aliphatic hydroxyl groups excluding tert-OH is 1. The second-order valence-corrected chi connectivity index (χ2v) is 10.3. The number of hydrogen-bond acceptors (Lipinski definition) is 2.